The fourth-order valence-corrected chi connectivity index (χ4v) is 4.79. The second-order valence-electron chi connectivity index (χ2n) is 9.17. The smallest absolute Gasteiger partial charge is 0.323 e. The lowest BCUT2D eigenvalue weighted by atomic mass is 10.1. The highest BCUT2D eigenvalue weighted by atomic mass is 16.2. The summed E-state index contributed by atoms with van der Waals surface area (Å²) in [7, 11) is 0. The number of rotatable bonds is 9. The highest BCUT2D eigenvalue weighted by Gasteiger charge is 2.20. The van der Waals surface area contributed by atoms with E-state index in [9.17, 15) is 9.59 Å². The van der Waals surface area contributed by atoms with Gasteiger partial charge in [0.05, 0.1) is 11.3 Å². The maximum Gasteiger partial charge on any atom is 0.323 e. The largest absolute Gasteiger partial charge is 0.371 e. The molecule has 0 aliphatic carbocycles. The fraction of sp³-hybridized carbons (Fsp3) is 0.379. The molecule has 0 atom stereocenters. The highest BCUT2D eigenvalue weighted by Crippen LogP contribution is 2.28. The number of piperidine rings is 1. The van der Waals surface area contributed by atoms with Crippen LogP contribution < -0.4 is 20.9 Å². The van der Waals surface area contributed by atoms with Gasteiger partial charge in [0.2, 0.25) is 0 Å². The summed E-state index contributed by atoms with van der Waals surface area (Å²) in [5, 5.41) is 11.0. The van der Waals surface area contributed by atoms with Crippen molar-refractivity contribution in [2.75, 3.05) is 54.8 Å². The first-order valence-corrected chi connectivity index (χ1v) is 13.0. The lowest BCUT2D eigenvalue weighted by Crippen LogP contribution is -2.36. The summed E-state index contributed by atoms with van der Waals surface area (Å²) in [4.78, 5) is 30.7. The van der Waals surface area contributed by atoms with Crippen molar-refractivity contribution < 1.29 is 9.59 Å². The molecule has 0 saturated carbocycles. The zero-order valence-electron chi connectivity index (χ0n) is 21.3. The zero-order valence-corrected chi connectivity index (χ0v) is 21.3. The number of fused-ring (bicyclic) bond motifs is 1. The van der Waals surface area contributed by atoms with Crippen LogP contribution >= 0.6 is 0 Å². The number of nitrogens with one attached hydrogen (secondary N) is 3. The Morgan fingerprint density at radius 3 is 2.42 bits per heavy atom. The van der Waals surface area contributed by atoms with Crippen LogP contribution in [0.15, 0.2) is 60.7 Å². The minimum atomic E-state index is -0.343. The Kier molecular flexibility index (Phi) is 8.79. The van der Waals surface area contributed by atoms with Crippen molar-refractivity contribution in [2.45, 2.75) is 33.1 Å². The predicted molar refractivity (Wildman–Crippen MR) is 149 cm³/mol. The molecule has 4 rings (SSSR count). The SMILES string of the molecule is CCN(CC)CCNC(=O)c1cc(NC(=O)Nc2cccc3ccccc23)ccc1N1CCCCC1. The second kappa shape index (κ2) is 12.4. The lowest BCUT2D eigenvalue weighted by Gasteiger charge is -2.30. The third kappa shape index (κ3) is 6.34. The first-order chi connectivity index (χ1) is 17.6. The van der Waals surface area contributed by atoms with E-state index in [4.69, 9.17) is 0 Å². The summed E-state index contributed by atoms with van der Waals surface area (Å²) in [6.07, 6.45) is 3.46. The van der Waals surface area contributed by atoms with Crippen molar-refractivity contribution >= 4 is 39.8 Å². The maximum absolute atomic E-state index is 13.3. The Labute approximate surface area is 213 Å². The number of anilines is 3. The van der Waals surface area contributed by atoms with E-state index in [0.717, 1.165) is 67.7 Å². The van der Waals surface area contributed by atoms with Crippen LogP contribution in [-0.2, 0) is 0 Å². The van der Waals surface area contributed by atoms with Crippen molar-refractivity contribution in [3.05, 3.63) is 66.2 Å². The number of carbonyl (C=O) groups excluding carboxylic acids is 2. The monoisotopic (exact) mass is 487 g/mol. The van der Waals surface area contributed by atoms with Gasteiger partial charge in [-0.05, 0) is 62.0 Å². The summed E-state index contributed by atoms with van der Waals surface area (Å²) < 4.78 is 0. The van der Waals surface area contributed by atoms with Gasteiger partial charge in [0, 0.05) is 42.9 Å². The Morgan fingerprint density at radius 2 is 1.64 bits per heavy atom. The number of hydrogen-bond donors (Lipinski definition) is 3. The number of urea groups is 1. The van der Waals surface area contributed by atoms with E-state index in [1.807, 2.05) is 54.6 Å². The van der Waals surface area contributed by atoms with Crippen molar-refractivity contribution in [2.24, 2.45) is 0 Å². The van der Waals surface area contributed by atoms with Crippen LogP contribution in [0.2, 0.25) is 0 Å². The van der Waals surface area contributed by atoms with Gasteiger partial charge in [-0.2, -0.15) is 0 Å². The Bertz CT molecular complexity index is 1180. The summed E-state index contributed by atoms with van der Waals surface area (Å²) in [5.74, 6) is -0.110. The zero-order chi connectivity index (χ0) is 25.3. The van der Waals surface area contributed by atoms with Crippen molar-refractivity contribution in [3.8, 4) is 0 Å². The van der Waals surface area contributed by atoms with Crippen LogP contribution in [0, 0.1) is 0 Å². The third-order valence-corrected chi connectivity index (χ3v) is 6.84. The standard InChI is InChI=1S/C29H37N5O2/c1-3-33(4-2)20-17-30-28(35)25-21-23(15-16-27(25)34-18-8-5-9-19-34)31-29(36)32-26-14-10-12-22-11-6-7-13-24(22)26/h6-7,10-16,21H,3-5,8-9,17-20H2,1-2H3,(H,30,35)(H2,31,32,36). The van der Waals surface area contributed by atoms with Crippen LogP contribution in [0.5, 0.6) is 0 Å². The van der Waals surface area contributed by atoms with Gasteiger partial charge in [-0.15, -0.1) is 0 Å². The van der Waals surface area contributed by atoms with Gasteiger partial charge < -0.3 is 25.8 Å². The van der Waals surface area contributed by atoms with Gasteiger partial charge in [0.15, 0.2) is 0 Å². The molecule has 1 aliphatic heterocycles. The average Bonchev–Trinajstić information content (AvgIpc) is 2.91. The molecule has 3 amide bonds. The summed E-state index contributed by atoms with van der Waals surface area (Å²) in [6.45, 7) is 9.42. The molecular weight excluding hydrogens is 450 g/mol. The summed E-state index contributed by atoms with van der Waals surface area (Å²) in [6, 6.07) is 19.0. The topological polar surface area (TPSA) is 76.7 Å². The van der Waals surface area contributed by atoms with E-state index in [1.54, 1.807) is 6.07 Å². The molecule has 0 bridgehead atoms. The van der Waals surface area contributed by atoms with E-state index in [2.05, 4.69) is 39.6 Å². The van der Waals surface area contributed by atoms with Crippen LogP contribution in [0.25, 0.3) is 10.8 Å². The Morgan fingerprint density at radius 1 is 0.889 bits per heavy atom. The molecule has 190 valence electrons. The van der Waals surface area contributed by atoms with E-state index >= 15 is 0 Å². The van der Waals surface area contributed by atoms with Gasteiger partial charge in [0.25, 0.3) is 5.91 Å². The molecule has 0 unspecified atom stereocenters. The number of amides is 3. The van der Waals surface area contributed by atoms with Gasteiger partial charge >= 0.3 is 6.03 Å². The molecule has 7 heteroatoms. The van der Waals surface area contributed by atoms with E-state index < -0.39 is 0 Å². The molecule has 1 fully saturated rings. The molecular formula is C29H37N5O2. The highest BCUT2D eigenvalue weighted by molar-refractivity contribution is 6.07. The van der Waals surface area contributed by atoms with Crippen molar-refractivity contribution in [3.63, 3.8) is 0 Å². The second-order valence-corrected chi connectivity index (χ2v) is 9.17. The fourth-order valence-electron chi connectivity index (χ4n) is 4.79. The molecule has 7 nitrogen and oxygen atoms in total. The molecule has 1 aliphatic rings. The predicted octanol–water partition coefficient (Wildman–Crippen LogP) is 5.55. The molecule has 1 saturated heterocycles. The summed E-state index contributed by atoms with van der Waals surface area (Å²) in [5.41, 5.74) is 2.85. The average molecular weight is 488 g/mol. The minimum Gasteiger partial charge on any atom is -0.371 e. The van der Waals surface area contributed by atoms with E-state index in [1.165, 1.54) is 6.42 Å². The van der Waals surface area contributed by atoms with Crippen LogP contribution in [0.4, 0.5) is 21.9 Å². The number of likely N-dealkylation sites (N-methyl/N-ethyl adjacent to an activating group) is 1. The van der Waals surface area contributed by atoms with E-state index in [0.29, 0.717) is 17.8 Å². The van der Waals surface area contributed by atoms with Gasteiger partial charge in [-0.1, -0.05) is 50.2 Å². The number of benzene rings is 3. The van der Waals surface area contributed by atoms with Crippen molar-refractivity contribution in [1.29, 1.82) is 0 Å². The molecule has 1 heterocycles. The van der Waals surface area contributed by atoms with Gasteiger partial charge in [0.1, 0.15) is 0 Å². The minimum absolute atomic E-state index is 0.110. The first-order valence-electron chi connectivity index (χ1n) is 13.0. The van der Waals surface area contributed by atoms with Crippen LogP contribution in [0.1, 0.15) is 43.5 Å². The Balaban J connectivity index is 1.50. The number of hydrogen-bond acceptors (Lipinski definition) is 4. The molecule has 0 aromatic heterocycles. The third-order valence-electron chi connectivity index (χ3n) is 6.84. The van der Waals surface area contributed by atoms with Gasteiger partial charge in [-0.3, -0.25) is 4.79 Å². The molecule has 0 spiro atoms. The molecule has 36 heavy (non-hydrogen) atoms. The lowest BCUT2D eigenvalue weighted by molar-refractivity contribution is 0.0949. The van der Waals surface area contributed by atoms with Crippen LogP contribution in [-0.4, -0.2) is 56.1 Å². The molecule has 3 aromatic carbocycles. The molecule has 0 radical (unpaired) electrons. The number of carbonyl (C=O) groups is 2. The molecule has 3 aromatic rings. The normalized spacial score (nSPS) is 13.6. The number of nitrogens with zero attached hydrogens (tertiary/aromatic N) is 2. The quantitative estimate of drug-likeness (QED) is 0.370. The van der Waals surface area contributed by atoms with E-state index in [-0.39, 0.29) is 11.9 Å². The van der Waals surface area contributed by atoms with Gasteiger partial charge in [-0.25, -0.2) is 4.79 Å². The Hall–Kier alpha value is -3.58. The first kappa shape index (κ1) is 25.5. The van der Waals surface area contributed by atoms with Crippen LogP contribution in [0.3, 0.4) is 0 Å². The molecule has 3 N–H and O–H groups in total. The summed E-state index contributed by atoms with van der Waals surface area (Å²) >= 11 is 0. The maximum atomic E-state index is 13.3. The van der Waals surface area contributed by atoms with Crippen molar-refractivity contribution in [1.82, 2.24) is 10.2 Å².